The first-order valence-corrected chi connectivity index (χ1v) is 10.3. The van der Waals surface area contributed by atoms with Crippen molar-refractivity contribution in [1.82, 2.24) is 19.4 Å². The summed E-state index contributed by atoms with van der Waals surface area (Å²) in [6.07, 6.45) is 7.49. The Kier molecular flexibility index (Phi) is 5.29. The Labute approximate surface area is 149 Å². The Morgan fingerprint density at radius 1 is 1.20 bits per heavy atom. The van der Waals surface area contributed by atoms with Crippen LogP contribution in [-0.2, 0) is 14.8 Å². The molecule has 0 radical (unpaired) electrons. The molecule has 0 saturated carbocycles. The fraction of sp³-hybridized carbons (Fsp3) is 0.647. The Morgan fingerprint density at radius 2 is 2.00 bits per heavy atom. The minimum absolute atomic E-state index is 0.0477. The number of hydrogen-bond donors (Lipinski definition) is 1. The van der Waals surface area contributed by atoms with Crippen LogP contribution in [0.4, 0.5) is 0 Å². The van der Waals surface area contributed by atoms with Gasteiger partial charge in [-0.1, -0.05) is 12.2 Å². The summed E-state index contributed by atoms with van der Waals surface area (Å²) >= 11 is 0. The van der Waals surface area contributed by atoms with Gasteiger partial charge in [0.25, 0.3) is 0 Å². The summed E-state index contributed by atoms with van der Waals surface area (Å²) in [6, 6.07) is 0. The first-order valence-electron chi connectivity index (χ1n) is 8.86. The van der Waals surface area contributed by atoms with Gasteiger partial charge in [0.1, 0.15) is 4.90 Å². The molecule has 2 heterocycles. The van der Waals surface area contributed by atoms with E-state index in [4.69, 9.17) is 0 Å². The molecule has 1 saturated heterocycles. The highest BCUT2D eigenvalue weighted by molar-refractivity contribution is 7.89. The van der Waals surface area contributed by atoms with Crippen molar-refractivity contribution >= 4 is 15.9 Å². The lowest BCUT2D eigenvalue weighted by atomic mass is 9.93. The summed E-state index contributed by atoms with van der Waals surface area (Å²) in [4.78, 5) is 14.8. The second-order valence-corrected chi connectivity index (χ2v) is 8.70. The maximum atomic E-state index is 13.0. The molecule has 25 heavy (non-hydrogen) atoms. The lowest BCUT2D eigenvalue weighted by Gasteiger charge is -2.27. The minimum atomic E-state index is -3.59. The number of allylic oxidation sites excluding steroid dienone is 2. The van der Waals surface area contributed by atoms with Crippen LogP contribution in [0.25, 0.3) is 0 Å². The molecule has 1 aliphatic heterocycles. The second-order valence-electron chi connectivity index (χ2n) is 6.83. The highest BCUT2D eigenvalue weighted by Gasteiger charge is 2.33. The standard InChI is InChI=1S/C17H26N4O3S/c1-13-16(14(2)19-18-13)25(23,24)21-10-6-9-20(11-12-21)17(22)15-7-4-3-5-8-15/h3-4,15H,5-12H2,1-2H3,(H,18,19). The summed E-state index contributed by atoms with van der Waals surface area (Å²) in [5.74, 6) is 0.214. The van der Waals surface area contributed by atoms with Crippen LogP contribution < -0.4 is 0 Å². The number of hydrogen-bond acceptors (Lipinski definition) is 4. The van der Waals surface area contributed by atoms with E-state index < -0.39 is 10.0 Å². The number of nitrogens with zero attached hydrogens (tertiary/aromatic N) is 3. The average molecular weight is 366 g/mol. The van der Waals surface area contributed by atoms with Gasteiger partial charge in [-0.15, -0.1) is 0 Å². The molecule has 8 heteroatoms. The van der Waals surface area contributed by atoms with Crippen molar-refractivity contribution in [3.05, 3.63) is 23.5 Å². The van der Waals surface area contributed by atoms with Crippen LogP contribution >= 0.6 is 0 Å². The van der Waals surface area contributed by atoms with Gasteiger partial charge in [-0.25, -0.2) is 8.42 Å². The van der Waals surface area contributed by atoms with E-state index in [1.807, 2.05) is 4.90 Å². The number of nitrogens with one attached hydrogen (secondary N) is 1. The van der Waals surface area contributed by atoms with Gasteiger partial charge in [-0.3, -0.25) is 9.89 Å². The third-order valence-corrected chi connectivity index (χ3v) is 7.21. The van der Waals surface area contributed by atoms with E-state index in [-0.39, 0.29) is 16.7 Å². The molecular weight excluding hydrogens is 340 g/mol. The molecule has 1 aliphatic carbocycles. The van der Waals surface area contributed by atoms with E-state index in [1.54, 1.807) is 13.8 Å². The van der Waals surface area contributed by atoms with Gasteiger partial charge in [0.15, 0.2) is 0 Å². The molecule has 1 aromatic heterocycles. The first kappa shape index (κ1) is 18.1. The third kappa shape index (κ3) is 3.64. The van der Waals surface area contributed by atoms with Gasteiger partial charge >= 0.3 is 0 Å². The third-order valence-electron chi connectivity index (χ3n) is 5.04. The quantitative estimate of drug-likeness (QED) is 0.824. The lowest BCUT2D eigenvalue weighted by Crippen LogP contribution is -2.40. The number of carbonyl (C=O) groups excluding carboxylic acids is 1. The topological polar surface area (TPSA) is 86.4 Å². The highest BCUT2D eigenvalue weighted by Crippen LogP contribution is 2.24. The van der Waals surface area contributed by atoms with E-state index >= 15 is 0 Å². The zero-order valence-corrected chi connectivity index (χ0v) is 15.7. The Bertz CT molecular complexity index is 749. The predicted molar refractivity (Wildman–Crippen MR) is 94.5 cm³/mol. The maximum absolute atomic E-state index is 13.0. The second kappa shape index (κ2) is 7.29. The number of sulfonamides is 1. The largest absolute Gasteiger partial charge is 0.341 e. The molecule has 0 spiro atoms. The number of rotatable bonds is 3. The van der Waals surface area contributed by atoms with E-state index in [0.29, 0.717) is 44.0 Å². The van der Waals surface area contributed by atoms with Crippen molar-refractivity contribution in [1.29, 1.82) is 0 Å². The molecule has 1 atom stereocenters. The van der Waals surface area contributed by atoms with Gasteiger partial charge in [0.2, 0.25) is 15.9 Å². The van der Waals surface area contributed by atoms with Gasteiger partial charge in [0.05, 0.1) is 11.4 Å². The van der Waals surface area contributed by atoms with Crippen LogP contribution in [0.15, 0.2) is 17.0 Å². The van der Waals surface area contributed by atoms with Crippen LogP contribution in [0.3, 0.4) is 0 Å². The Balaban J connectivity index is 1.71. The zero-order valence-electron chi connectivity index (χ0n) is 14.9. The number of aromatic amines is 1. The molecule has 1 fully saturated rings. The summed E-state index contributed by atoms with van der Waals surface area (Å²) in [7, 11) is -3.59. The SMILES string of the molecule is Cc1n[nH]c(C)c1S(=O)(=O)N1CCCN(C(=O)C2CC=CCC2)CC1. The van der Waals surface area contributed by atoms with E-state index in [0.717, 1.165) is 19.3 Å². The molecule has 0 bridgehead atoms. The fourth-order valence-corrected chi connectivity index (χ4v) is 5.48. The summed E-state index contributed by atoms with van der Waals surface area (Å²) in [5.41, 5.74) is 1.05. The van der Waals surface area contributed by atoms with Crippen molar-refractivity contribution in [2.75, 3.05) is 26.2 Å². The number of amides is 1. The normalized spacial score (nSPS) is 22.8. The van der Waals surface area contributed by atoms with Crippen LogP contribution in [0, 0.1) is 19.8 Å². The zero-order chi connectivity index (χ0) is 18.0. The first-order chi connectivity index (χ1) is 11.9. The molecule has 1 unspecified atom stereocenters. The van der Waals surface area contributed by atoms with Crippen molar-refractivity contribution < 1.29 is 13.2 Å². The maximum Gasteiger partial charge on any atom is 0.246 e. The molecule has 1 amide bonds. The molecule has 1 N–H and O–H groups in total. The van der Waals surface area contributed by atoms with Gasteiger partial charge < -0.3 is 4.90 Å². The lowest BCUT2D eigenvalue weighted by molar-refractivity contribution is -0.135. The molecule has 138 valence electrons. The smallest absolute Gasteiger partial charge is 0.246 e. The van der Waals surface area contributed by atoms with Crippen molar-refractivity contribution in [3.8, 4) is 0 Å². The van der Waals surface area contributed by atoms with Crippen molar-refractivity contribution in [2.24, 2.45) is 5.92 Å². The molecular formula is C17H26N4O3S. The highest BCUT2D eigenvalue weighted by atomic mass is 32.2. The van der Waals surface area contributed by atoms with Gasteiger partial charge in [-0.2, -0.15) is 9.40 Å². The molecule has 3 rings (SSSR count). The average Bonchev–Trinajstić information content (AvgIpc) is 2.81. The van der Waals surface area contributed by atoms with Crippen LogP contribution in [-0.4, -0.2) is 59.9 Å². The number of aryl methyl sites for hydroxylation is 2. The van der Waals surface area contributed by atoms with Gasteiger partial charge in [-0.05, 0) is 39.5 Å². The van der Waals surface area contributed by atoms with E-state index in [9.17, 15) is 13.2 Å². The summed E-state index contributed by atoms with van der Waals surface area (Å²) in [5, 5.41) is 6.74. The number of aromatic nitrogens is 2. The molecule has 7 nitrogen and oxygen atoms in total. The minimum Gasteiger partial charge on any atom is -0.341 e. The van der Waals surface area contributed by atoms with Crippen molar-refractivity contribution in [3.63, 3.8) is 0 Å². The fourth-order valence-electron chi connectivity index (χ4n) is 3.68. The van der Waals surface area contributed by atoms with Crippen molar-refractivity contribution in [2.45, 2.75) is 44.4 Å². The van der Waals surface area contributed by atoms with Crippen LogP contribution in [0.1, 0.15) is 37.1 Å². The number of carbonyl (C=O) groups is 1. The summed E-state index contributed by atoms with van der Waals surface area (Å²) in [6.45, 7) is 5.25. The molecule has 0 aromatic carbocycles. The van der Waals surface area contributed by atoms with E-state index in [2.05, 4.69) is 22.3 Å². The van der Waals surface area contributed by atoms with Gasteiger partial charge in [0, 0.05) is 32.1 Å². The Morgan fingerprint density at radius 3 is 2.64 bits per heavy atom. The summed E-state index contributed by atoms with van der Waals surface area (Å²) < 4.78 is 27.4. The predicted octanol–water partition coefficient (Wildman–Crippen LogP) is 1.61. The molecule has 2 aliphatic rings. The molecule has 1 aromatic rings. The Hall–Kier alpha value is -1.67. The van der Waals surface area contributed by atoms with Crippen LogP contribution in [0.2, 0.25) is 0 Å². The van der Waals surface area contributed by atoms with E-state index in [1.165, 1.54) is 4.31 Å². The number of H-pyrrole nitrogens is 1. The monoisotopic (exact) mass is 366 g/mol. The van der Waals surface area contributed by atoms with Crippen LogP contribution in [0.5, 0.6) is 0 Å².